The first-order chi connectivity index (χ1) is 6.34. The van der Waals surface area contributed by atoms with E-state index in [2.05, 4.69) is 5.32 Å². The van der Waals surface area contributed by atoms with E-state index in [9.17, 15) is 0 Å². The molecule has 0 aliphatic carbocycles. The molecule has 1 aromatic heterocycles. The van der Waals surface area contributed by atoms with Gasteiger partial charge in [-0.2, -0.15) is 0 Å². The highest BCUT2D eigenvalue weighted by atomic mass is 16.5. The Labute approximate surface area is 78.1 Å². The minimum atomic E-state index is 0.505. The second kappa shape index (κ2) is 3.94. The van der Waals surface area contributed by atoms with Crippen molar-refractivity contribution in [2.45, 2.75) is 25.9 Å². The van der Waals surface area contributed by atoms with E-state index in [1.54, 1.807) is 0 Å². The molecule has 0 radical (unpaired) electrons. The average molecular weight is 181 g/mol. The van der Waals surface area contributed by atoms with Gasteiger partial charge in [0.05, 0.1) is 13.2 Å². The van der Waals surface area contributed by atoms with Crippen molar-refractivity contribution in [2.24, 2.45) is 0 Å². The lowest BCUT2D eigenvalue weighted by molar-refractivity contribution is 0.189. The molecule has 2 rings (SSSR count). The molecule has 1 aromatic rings. The molecular formula is C10H15NO2. The van der Waals surface area contributed by atoms with Gasteiger partial charge in [-0.25, -0.2) is 0 Å². The summed E-state index contributed by atoms with van der Waals surface area (Å²) < 4.78 is 10.7. The quantitative estimate of drug-likeness (QED) is 0.766. The molecule has 1 N–H and O–H groups in total. The highest BCUT2D eigenvalue weighted by Gasteiger charge is 2.14. The van der Waals surface area contributed by atoms with Crippen molar-refractivity contribution >= 4 is 0 Å². The van der Waals surface area contributed by atoms with Gasteiger partial charge >= 0.3 is 0 Å². The molecule has 13 heavy (non-hydrogen) atoms. The van der Waals surface area contributed by atoms with Crippen molar-refractivity contribution in [2.75, 3.05) is 13.2 Å². The van der Waals surface area contributed by atoms with Crippen LogP contribution in [0.1, 0.15) is 17.9 Å². The average Bonchev–Trinajstić information content (AvgIpc) is 2.71. The van der Waals surface area contributed by atoms with Crippen molar-refractivity contribution in [1.29, 1.82) is 0 Å². The summed E-state index contributed by atoms with van der Waals surface area (Å²) >= 11 is 0. The maximum Gasteiger partial charge on any atom is 0.117 e. The molecule has 2 heterocycles. The van der Waals surface area contributed by atoms with Crippen LogP contribution >= 0.6 is 0 Å². The standard InChI is InChI=1S/C10H15NO2/c1-8-2-3-10(13-8)6-11-9-4-5-12-7-9/h2-3,9,11H,4-7H2,1H3. The van der Waals surface area contributed by atoms with Crippen LogP contribution in [0.5, 0.6) is 0 Å². The lowest BCUT2D eigenvalue weighted by atomic mass is 10.2. The molecular weight excluding hydrogens is 166 g/mol. The van der Waals surface area contributed by atoms with E-state index < -0.39 is 0 Å². The summed E-state index contributed by atoms with van der Waals surface area (Å²) in [6, 6.07) is 4.51. The van der Waals surface area contributed by atoms with Gasteiger partial charge in [-0.3, -0.25) is 0 Å². The normalized spacial score (nSPS) is 22.4. The SMILES string of the molecule is Cc1ccc(CNC2CCOC2)o1. The van der Waals surface area contributed by atoms with Crippen LogP contribution in [0.15, 0.2) is 16.5 Å². The van der Waals surface area contributed by atoms with Gasteiger partial charge in [0, 0.05) is 12.6 Å². The molecule has 0 bridgehead atoms. The number of furan rings is 1. The molecule has 1 aliphatic rings. The second-order valence-electron chi connectivity index (χ2n) is 3.45. The molecule has 1 aliphatic heterocycles. The summed E-state index contributed by atoms with van der Waals surface area (Å²) in [5.41, 5.74) is 0. The Morgan fingerprint density at radius 1 is 1.54 bits per heavy atom. The van der Waals surface area contributed by atoms with Crippen molar-refractivity contribution < 1.29 is 9.15 Å². The molecule has 0 amide bonds. The molecule has 1 unspecified atom stereocenters. The maximum absolute atomic E-state index is 5.44. The molecule has 0 aromatic carbocycles. The summed E-state index contributed by atoms with van der Waals surface area (Å²) in [5, 5.41) is 3.39. The number of nitrogens with one attached hydrogen (secondary N) is 1. The minimum Gasteiger partial charge on any atom is -0.465 e. The Kier molecular flexibility index (Phi) is 2.66. The van der Waals surface area contributed by atoms with Crippen LogP contribution < -0.4 is 5.32 Å². The van der Waals surface area contributed by atoms with Crippen LogP contribution in [0.3, 0.4) is 0 Å². The van der Waals surface area contributed by atoms with Crippen molar-refractivity contribution in [1.82, 2.24) is 5.32 Å². The molecule has 1 atom stereocenters. The van der Waals surface area contributed by atoms with E-state index in [-0.39, 0.29) is 0 Å². The molecule has 1 fully saturated rings. The molecule has 3 heteroatoms. The number of rotatable bonds is 3. The minimum absolute atomic E-state index is 0.505. The lowest BCUT2D eigenvalue weighted by Crippen LogP contribution is -2.28. The van der Waals surface area contributed by atoms with Gasteiger partial charge in [0.1, 0.15) is 11.5 Å². The molecule has 0 saturated carbocycles. The molecule has 72 valence electrons. The maximum atomic E-state index is 5.44. The van der Waals surface area contributed by atoms with Gasteiger partial charge in [-0.1, -0.05) is 0 Å². The fourth-order valence-electron chi connectivity index (χ4n) is 1.52. The zero-order chi connectivity index (χ0) is 9.10. The zero-order valence-corrected chi connectivity index (χ0v) is 7.88. The van der Waals surface area contributed by atoms with E-state index in [1.165, 1.54) is 0 Å². The van der Waals surface area contributed by atoms with Crippen LogP contribution in [0.2, 0.25) is 0 Å². The van der Waals surface area contributed by atoms with Gasteiger partial charge in [-0.05, 0) is 25.5 Å². The van der Waals surface area contributed by atoms with Crippen molar-refractivity contribution in [3.63, 3.8) is 0 Å². The van der Waals surface area contributed by atoms with Crippen LogP contribution in [0.4, 0.5) is 0 Å². The van der Waals surface area contributed by atoms with Gasteiger partial charge in [0.25, 0.3) is 0 Å². The second-order valence-corrected chi connectivity index (χ2v) is 3.45. The Morgan fingerprint density at radius 3 is 3.08 bits per heavy atom. The van der Waals surface area contributed by atoms with E-state index in [0.717, 1.165) is 37.7 Å². The predicted molar refractivity (Wildman–Crippen MR) is 49.5 cm³/mol. The number of hydrogen-bond acceptors (Lipinski definition) is 3. The van der Waals surface area contributed by atoms with Gasteiger partial charge in [-0.15, -0.1) is 0 Å². The highest BCUT2D eigenvalue weighted by Crippen LogP contribution is 2.08. The van der Waals surface area contributed by atoms with Crippen LogP contribution in [-0.2, 0) is 11.3 Å². The third kappa shape index (κ3) is 2.32. The fourth-order valence-corrected chi connectivity index (χ4v) is 1.52. The number of ether oxygens (including phenoxy) is 1. The number of aryl methyl sites for hydroxylation is 1. The predicted octanol–water partition coefficient (Wildman–Crippen LogP) is 1.47. The van der Waals surface area contributed by atoms with Gasteiger partial charge in [0.2, 0.25) is 0 Å². The lowest BCUT2D eigenvalue weighted by Gasteiger charge is -2.07. The molecule has 1 saturated heterocycles. The summed E-state index contributed by atoms with van der Waals surface area (Å²) in [7, 11) is 0. The zero-order valence-electron chi connectivity index (χ0n) is 7.88. The van der Waals surface area contributed by atoms with E-state index in [0.29, 0.717) is 6.04 Å². The van der Waals surface area contributed by atoms with Crippen LogP contribution in [0, 0.1) is 6.92 Å². The Morgan fingerprint density at radius 2 is 2.46 bits per heavy atom. The highest BCUT2D eigenvalue weighted by molar-refractivity contribution is 5.05. The van der Waals surface area contributed by atoms with Crippen LogP contribution in [-0.4, -0.2) is 19.3 Å². The van der Waals surface area contributed by atoms with E-state index in [4.69, 9.17) is 9.15 Å². The van der Waals surface area contributed by atoms with Crippen LogP contribution in [0.25, 0.3) is 0 Å². The Balaban J connectivity index is 1.78. The smallest absolute Gasteiger partial charge is 0.117 e. The number of hydrogen-bond donors (Lipinski definition) is 1. The molecule has 0 spiro atoms. The summed E-state index contributed by atoms with van der Waals surface area (Å²) in [6.45, 7) is 4.48. The third-order valence-electron chi connectivity index (χ3n) is 2.29. The summed E-state index contributed by atoms with van der Waals surface area (Å²) in [4.78, 5) is 0. The van der Waals surface area contributed by atoms with E-state index >= 15 is 0 Å². The first kappa shape index (κ1) is 8.78. The monoisotopic (exact) mass is 181 g/mol. The Bertz CT molecular complexity index is 264. The summed E-state index contributed by atoms with van der Waals surface area (Å²) in [5.74, 6) is 1.98. The van der Waals surface area contributed by atoms with E-state index in [1.807, 2.05) is 19.1 Å². The third-order valence-corrected chi connectivity index (χ3v) is 2.29. The fraction of sp³-hybridized carbons (Fsp3) is 0.600. The molecule has 3 nitrogen and oxygen atoms in total. The Hall–Kier alpha value is -0.800. The topological polar surface area (TPSA) is 34.4 Å². The summed E-state index contributed by atoms with van der Waals surface area (Å²) in [6.07, 6.45) is 1.11. The van der Waals surface area contributed by atoms with Crippen molar-refractivity contribution in [3.8, 4) is 0 Å². The first-order valence-corrected chi connectivity index (χ1v) is 4.71. The van der Waals surface area contributed by atoms with Crippen molar-refractivity contribution in [3.05, 3.63) is 23.7 Å². The largest absolute Gasteiger partial charge is 0.465 e. The van der Waals surface area contributed by atoms with Gasteiger partial charge in [0.15, 0.2) is 0 Å². The first-order valence-electron chi connectivity index (χ1n) is 4.71. The van der Waals surface area contributed by atoms with Gasteiger partial charge < -0.3 is 14.5 Å².